The zero-order valence-corrected chi connectivity index (χ0v) is 9.96. The Bertz CT molecular complexity index is 344. The Labute approximate surface area is 104 Å². The van der Waals surface area contributed by atoms with Crippen LogP contribution < -0.4 is 11.1 Å². The van der Waals surface area contributed by atoms with Crippen molar-refractivity contribution in [3.8, 4) is 0 Å². The molecule has 1 saturated heterocycles. The molecule has 7 heteroatoms. The highest BCUT2D eigenvalue weighted by molar-refractivity contribution is 5.87. The summed E-state index contributed by atoms with van der Waals surface area (Å²) in [4.78, 5) is 33.2. The number of ketones is 1. The molecular formula is C11H18N2O5. The average Bonchev–Trinajstić information content (AvgIpc) is 2.35. The van der Waals surface area contributed by atoms with E-state index < -0.39 is 29.9 Å². The zero-order chi connectivity index (χ0) is 13.7. The first kappa shape index (κ1) is 14.6. The fourth-order valence-corrected chi connectivity index (χ4v) is 2.09. The quantitative estimate of drug-likeness (QED) is 0.490. The number of hydrogen-bond acceptors (Lipinski definition) is 5. The second kappa shape index (κ2) is 6.46. The standard InChI is InChI=1S/C11H18N2O5/c12-7(1-2-9(14)15)10(16)6-3-4-13-8(5-6)11(17)18/h6-8,13H,1-5,12H2,(H,14,15)(H,17,18)/t6?,7-,8-/m0/s1. The van der Waals surface area contributed by atoms with E-state index in [0.29, 0.717) is 13.0 Å². The molecule has 1 rings (SSSR count). The van der Waals surface area contributed by atoms with Crippen molar-refractivity contribution in [3.63, 3.8) is 0 Å². The van der Waals surface area contributed by atoms with Crippen molar-refractivity contribution in [1.29, 1.82) is 0 Å². The van der Waals surface area contributed by atoms with E-state index in [-0.39, 0.29) is 25.0 Å². The third kappa shape index (κ3) is 4.08. The first-order valence-corrected chi connectivity index (χ1v) is 5.89. The molecule has 1 unspecified atom stereocenters. The van der Waals surface area contributed by atoms with Gasteiger partial charge in [0, 0.05) is 12.3 Å². The Morgan fingerprint density at radius 2 is 2.00 bits per heavy atom. The van der Waals surface area contributed by atoms with Gasteiger partial charge in [0.15, 0.2) is 5.78 Å². The van der Waals surface area contributed by atoms with Gasteiger partial charge in [0.25, 0.3) is 0 Å². The van der Waals surface area contributed by atoms with Crippen molar-refractivity contribution in [3.05, 3.63) is 0 Å². The Kier molecular flexibility index (Phi) is 5.24. The molecule has 1 fully saturated rings. The van der Waals surface area contributed by atoms with Gasteiger partial charge in [-0.25, -0.2) is 0 Å². The van der Waals surface area contributed by atoms with Crippen molar-refractivity contribution < 1.29 is 24.6 Å². The normalized spacial score (nSPS) is 25.4. The minimum atomic E-state index is -0.994. The van der Waals surface area contributed by atoms with Gasteiger partial charge in [-0.3, -0.25) is 14.4 Å². The molecule has 0 bridgehead atoms. The van der Waals surface area contributed by atoms with Crippen LogP contribution in [0.25, 0.3) is 0 Å². The summed E-state index contributed by atoms with van der Waals surface area (Å²) < 4.78 is 0. The lowest BCUT2D eigenvalue weighted by Crippen LogP contribution is -2.48. The van der Waals surface area contributed by atoms with E-state index in [0.717, 1.165) is 0 Å². The van der Waals surface area contributed by atoms with Gasteiger partial charge in [-0.15, -0.1) is 0 Å². The molecule has 0 saturated carbocycles. The number of hydrogen-bond donors (Lipinski definition) is 4. The third-order valence-corrected chi connectivity index (χ3v) is 3.14. The van der Waals surface area contributed by atoms with E-state index in [1.54, 1.807) is 0 Å². The first-order valence-electron chi connectivity index (χ1n) is 5.89. The second-order valence-electron chi connectivity index (χ2n) is 4.51. The predicted molar refractivity (Wildman–Crippen MR) is 62.0 cm³/mol. The summed E-state index contributed by atoms with van der Waals surface area (Å²) in [5.74, 6) is -2.60. The van der Waals surface area contributed by atoms with Crippen LogP contribution in [0.15, 0.2) is 0 Å². The maximum Gasteiger partial charge on any atom is 0.320 e. The fourth-order valence-electron chi connectivity index (χ4n) is 2.09. The van der Waals surface area contributed by atoms with Crippen LogP contribution in [0, 0.1) is 5.92 Å². The van der Waals surface area contributed by atoms with Crippen LogP contribution in [0.1, 0.15) is 25.7 Å². The topological polar surface area (TPSA) is 130 Å². The molecule has 7 nitrogen and oxygen atoms in total. The second-order valence-corrected chi connectivity index (χ2v) is 4.51. The molecule has 0 radical (unpaired) electrons. The molecule has 0 aromatic rings. The highest BCUT2D eigenvalue weighted by atomic mass is 16.4. The number of carbonyl (C=O) groups excluding carboxylic acids is 1. The SMILES string of the molecule is N[C@@H](CCC(=O)O)C(=O)C1CCN[C@H](C(=O)O)C1. The summed E-state index contributed by atoms with van der Waals surface area (Å²) in [6, 6.07) is -1.54. The monoisotopic (exact) mass is 258 g/mol. The van der Waals surface area contributed by atoms with Crippen molar-refractivity contribution >= 4 is 17.7 Å². The Balaban J connectivity index is 2.49. The van der Waals surface area contributed by atoms with Crippen molar-refractivity contribution in [2.75, 3.05) is 6.54 Å². The van der Waals surface area contributed by atoms with Crippen molar-refractivity contribution in [2.24, 2.45) is 11.7 Å². The van der Waals surface area contributed by atoms with Crippen LogP contribution in [0.4, 0.5) is 0 Å². The Hall–Kier alpha value is -1.47. The summed E-state index contributed by atoms with van der Waals surface area (Å²) in [5.41, 5.74) is 5.64. The molecular weight excluding hydrogens is 240 g/mol. The summed E-state index contributed by atoms with van der Waals surface area (Å²) >= 11 is 0. The Morgan fingerprint density at radius 3 is 2.56 bits per heavy atom. The lowest BCUT2D eigenvalue weighted by molar-refractivity contribution is -0.141. The van der Waals surface area contributed by atoms with Crippen molar-refractivity contribution in [2.45, 2.75) is 37.8 Å². The van der Waals surface area contributed by atoms with Crippen molar-refractivity contribution in [1.82, 2.24) is 5.32 Å². The van der Waals surface area contributed by atoms with Crippen LogP contribution in [-0.4, -0.2) is 46.6 Å². The van der Waals surface area contributed by atoms with Gasteiger partial charge in [-0.2, -0.15) is 0 Å². The largest absolute Gasteiger partial charge is 0.481 e. The van der Waals surface area contributed by atoms with Crippen LogP contribution in [0.3, 0.4) is 0 Å². The van der Waals surface area contributed by atoms with Crippen LogP contribution in [0.2, 0.25) is 0 Å². The van der Waals surface area contributed by atoms with Crippen LogP contribution >= 0.6 is 0 Å². The van der Waals surface area contributed by atoms with Gasteiger partial charge in [0.05, 0.1) is 6.04 Å². The van der Waals surface area contributed by atoms with Crippen LogP contribution in [0.5, 0.6) is 0 Å². The number of carboxylic acids is 2. The average molecular weight is 258 g/mol. The highest BCUT2D eigenvalue weighted by Gasteiger charge is 2.32. The molecule has 0 aliphatic carbocycles. The molecule has 102 valence electrons. The van der Waals surface area contributed by atoms with Crippen LogP contribution in [-0.2, 0) is 14.4 Å². The number of nitrogens with one attached hydrogen (secondary N) is 1. The maximum absolute atomic E-state index is 11.9. The summed E-state index contributed by atoms with van der Waals surface area (Å²) in [6.07, 6.45) is 0.703. The predicted octanol–water partition coefficient (Wildman–Crippen LogP) is -0.800. The van der Waals surface area contributed by atoms with Gasteiger partial charge >= 0.3 is 11.9 Å². The van der Waals surface area contributed by atoms with E-state index in [2.05, 4.69) is 5.32 Å². The van der Waals surface area contributed by atoms with Gasteiger partial charge in [-0.05, 0) is 25.8 Å². The van der Waals surface area contributed by atoms with Gasteiger partial charge < -0.3 is 21.3 Å². The highest BCUT2D eigenvalue weighted by Crippen LogP contribution is 2.19. The summed E-state index contributed by atoms with van der Waals surface area (Å²) in [6.45, 7) is 0.457. The maximum atomic E-state index is 11.9. The molecule has 0 spiro atoms. The smallest absolute Gasteiger partial charge is 0.320 e. The molecule has 0 amide bonds. The number of piperidine rings is 1. The van der Waals surface area contributed by atoms with Gasteiger partial charge in [0.1, 0.15) is 6.04 Å². The number of carboxylic acid groups (broad SMARTS) is 2. The summed E-state index contributed by atoms with van der Waals surface area (Å²) in [5, 5.41) is 20.2. The molecule has 1 heterocycles. The minimum absolute atomic E-state index is 0.0931. The summed E-state index contributed by atoms with van der Waals surface area (Å²) in [7, 11) is 0. The first-order chi connectivity index (χ1) is 8.41. The third-order valence-electron chi connectivity index (χ3n) is 3.14. The van der Waals surface area contributed by atoms with E-state index in [1.165, 1.54) is 0 Å². The number of nitrogens with two attached hydrogens (primary N) is 1. The number of rotatable bonds is 6. The minimum Gasteiger partial charge on any atom is -0.481 e. The zero-order valence-electron chi connectivity index (χ0n) is 9.96. The molecule has 0 aromatic heterocycles. The fraction of sp³-hybridized carbons (Fsp3) is 0.727. The van der Waals surface area contributed by atoms with E-state index in [4.69, 9.17) is 15.9 Å². The van der Waals surface area contributed by atoms with E-state index >= 15 is 0 Å². The Morgan fingerprint density at radius 1 is 1.33 bits per heavy atom. The number of carbonyl (C=O) groups is 3. The molecule has 1 aliphatic rings. The van der Waals surface area contributed by atoms with Gasteiger partial charge in [0.2, 0.25) is 0 Å². The lowest BCUT2D eigenvalue weighted by Gasteiger charge is -2.28. The molecule has 0 aromatic carbocycles. The molecule has 18 heavy (non-hydrogen) atoms. The molecule has 5 N–H and O–H groups in total. The van der Waals surface area contributed by atoms with E-state index in [9.17, 15) is 14.4 Å². The number of Topliss-reactive ketones (excluding diaryl/α,β-unsaturated/α-hetero) is 1. The molecule has 1 aliphatic heterocycles. The molecule has 3 atom stereocenters. The van der Waals surface area contributed by atoms with Gasteiger partial charge in [-0.1, -0.05) is 0 Å². The van der Waals surface area contributed by atoms with E-state index in [1.807, 2.05) is 0 Å². The number of aliphatic carboxylic acids is 2. The lowest BCUT2D eigenvalue weighted by atomic mass is 9.85.